The Labute approximate surface area is 191 Å². The van der Waals surface area contributed by atoms with E-state index in [0.29, 0.717) is 13.0 Å². The second-order valence-corrected chi connectivity index (χ2v) is 7.96. The molecule has 1 aliphatic rings. The summed E-state index contributed by atoms with van der Waals surface area (Å²) < 4.78 is 0. The van der Waals surface area contributed by atoms with E-state index in [1.54, 1.807) is 30.3 Å². The molecule has 180 valence electrons. The van der Waals surface area contributed by atoms with Crippen LogP contribution in [0, 0.1) is 0 Å². The molecule has 1 aromatic rings. The highest BCUT2D eigenvalue weighted by molar-refractivity contribution is 5.94. The van der Waals surface area contributed by atoms with Gasteiger partial charge in [0.05, 0.1) is 6.04 Å². The van der Waals surface area contributed by atoms with Crippen molar-refractivity contribution in [2.24, 2.45) is 0 Å². The predicted molar refractivity (Wildman–Crippen MR) is 117 cm³/mol. The fourth-order valence-corrected chi connectivity index (χ4v) is 3.44. The number of hydrogen-bond acceptors (Lipinski definition) is 6. The second-order valence-electron chi connectivity index (χ2n) is 7.96. The first-order valence-electron chi connectivity index (χ1n) is 10.8. The second kappa shape index (κ2) is 12.5. The largest absolute Gasteiger partial charge is 0.481 e. The van der Waals surface area contributed by atoms with Gasteiger partial charge in [-0.25, -0.2) is 4.79 Å². The molecule has 1 aromatic carbocycles. The summed E-state index contributed by atoms with van der Waals surface area (Å²) in [4.78, 5) is 60.1. The zero-order valence-corrected chi connectivity index (χ0v) is 18.4. The molecular weight excluding hydrogens is 432 g/mol. The number of hydrogen-bond donors (Lipinski definition) is 6. The van der Waals surface area contributed by atoms with E-state index in [1.165, 1.54) is 6.92 Å². The fraction of sp³-hybridized carbons (Fsp3) is 0.500. The molecule has 1 heterocycles. The Hall–Kier alpha value is -3.47. The van der Waals surface area contributed by atoms with Crippen molar-refractivity contribution in [2.45, 2.75) is 63.2 Å². The fourth-order valence-electron chi connectivity index (χ4n) is 3.44. The third-order valence-corrected chi connectivity index (χ3v) is 5.31. The van der Waals surface area contributed by atoms with Gasteiger partial charge in [0.15, 0.2) is 0 Å². The van der Waals surface area contributed by atoms with Crippen molar-refractivity contribution < 1.29 is 34.2 Å². The SMILES string of the molecule is CC(NC(=O)C(CCC(=O)O)NC(=O)C1CCCN1)C(=O)NC(Cc1ccccc1)C(=O)O. The van der Waals surface area contributed by atoms with Gasteiger partial charge in [0.25, 0.3) is 0 Å². The lowest BCUT2D eigenvalue weighted by atomic mass is 10.1. The zero-order valence-electron chi connectivity index (χ0n) is 18.4. The van der Waals surface area contributed by atoms with E-state index in [1.807, 2.05) is 0 Å². The number of benzene rings is 1. The molecule has 0 bridgehead atoms. The minimum absolute atomic E-state index is 0.0638. The van der Waals surface area contributed by atoms with Crippen LogP contribution in [0.1, 0.15) is 38.2 Å². The zero-order chi connectivity index (χ0) is 24.4. The molecule has 0 spiro atoms. The van der Waals surface area contributed by atoms with Crippen LogP contribution in [0.4, 0.5) is 0 Å². The lowest BCUT2D eigenvalue weighted by Gasteiger charge is -2.23. The molecule has 2 rings (SSSR count). The molecule has 0 radical (unpaired) electrons. The van der Waals surface area contributed by atoms with Gasteiger partial charge in [0, 0.05) is 12.8 Å². The summed E-state index contributed by atoms with van der Waals surface area (Å²) in [6, 6.07) is 4.87. The van der Waals surface area contributed by atoms with Gasteiger partial charge in [-0.15, -0.1) is 0 Å². The molecule has 6 N–H and O–H groups in total. The van der Waals surface area contributed by atoms with Gasteiger partial charge in [-0.2, -0.15) is 0 Å². The smallest absolute Gasteiger partial charge is 0.326 e. The van der Waals surface area contributed by atoms with Crippen LogP contribution in [0.5, 0.6) is 0 Å². The van der Waals surface area contributed by atoms with E-state index in [9.17, 15) is 29.1 Å². The highest BCUT2D eigenvalue weighted by Crippen LogP contribution is 2.07. The Kier molecular flexibility index (Phi) is 9.80. The molecule has 33 heavy (non-hydrogen) atoms. The molecule has 4 unspecified atom stereocenters. The lowest BCUT2D eigenvalue weighted by molar-refractivity contribution is -0.142. The summed E-state index contributed by atoms with van der Waals surface area (Å²) in [6.45, 7) is 2.05. The van der Waals surface area contributed by atoms with Crippen LogP contribution >= 0.6 is 0 Å². The first-order chi connectivity index (χ1) is 15.7. The maximum atomic E-state index is 12.7. The molecule has 3 amide bonds. The Balaban J connectivity index is 1.97. The van der Waals surface area contributed by atoms with Crippen LogP contribution in [0.2, 0.25) is 0 Å². The minimum atomic E-state index is -1.22. The van der Waals surface area contributed by atoms with Crippen LogP contribution in [-0.2, 0) is 30.4 Å². The summed E-state index contributed by atoms with van der Waals surface area (Å²) in [5.41, 5.74) is 0.721. The van der Waals surface area contributed by atoms with Crippen LogP contribution in [0.25, 0.3) is 0 Å². The molecule has 11 heteroatoms. The number of nitrogens with one attached hydrogen (secondary N) is 4. The average molecular weight is 463 g/mol. The van der Waals surface area contributed by atoms with Crippen molar-refractivity contribution in [3.63, 3.8) is 0 Å². The summed E-state index contributed by atoms with van der Waals surface area (Å²) in [7, 11) is 0. The van der Waals surface area contributed by atoms with E-state index in [4.69, 9.17) is 5.11 Å². The van der Waals surface area contributed by atoms with Crippen LogP contribution in [0.3, 0.4) is 0 Å². The van der Waals surface area contributed by atoms with E-state index in [0.717, 1.165) is 12.0 Å². The van der Waals surface area contributed by atoms with Gasteiger partial charge in [0.1, 0.15) is 18.1 Å². The number of rotatable bonds is 12. The van der Waals surface area contributed by atoms with Crippen LogP contribution < -0.4 is 21.3 Å². The van der Waals surface area contributed by atoms with Gasteiger partial charge >= 0.3 is 11.9 Å². The molecule has 0 aromatic heterocycles. The summed E-state index contributed by atoms with van der Waals surface area (Å²) in [5, 5.41) is 28.8. The molecule has 0 aliphatic carbocycles. The molecule has 0 saturated carbocycles. The molecule has 1 saturated heterocycles. The maximum absolute atomic E-state index is 12.7. The van der Waals surface area contributed by atoms with Gasteiger partial charge in [0.2, 0.25) is 17.7 Å². The Bertz CT molecular complexity index is 856. The van der Waals surface area contributed by atoms with E-state index in [-0.39, 0.29) is 19.3 Å². The van der Waals surface area contributed by atoms with Crippen LogP contribution in [-0.4, -0.2) is 70.6 Å². The van der Waals surface area contributed by atoms with Crippen molar-refractivity contribution in [2.75, 3.05) is 6.54 Å². The quantitative estimate of drug-likeness (QED) is 0.239. The number of carbonyl (C=O) groups excluding carboxylic acids is 3. The third kappa shape index (κ3) is 8.53. The van der Waals surface area contributed by atoms with Crippen molar-refractivity contribution in [1.29, 1.82) is 0 Å². The highest BCUT2D eigenvalue weighted by Gasteiger charge is 2.30. The van der Waals surface area contributed by atoms with Crippen molar-refractivity contribution in [3.8, 4) is 0 Å². The normalized spacial score (nSPS) is 17.9. The van der Waals surface area contributed by atoms with Gasteiger partial charge in [-0.1, -0.05) is 30.3 Å². The first-order valence-corrected chi connectivity index (χ1v) is 10.8. The average Bonchev–Trinajstić information content (AvgIpc) is 3.31. The minimum Gasteiger partial charge on any atom is -0.481 e. The molecule has 1 fully saturated rings. The van der Waals surface area contributed by atoms with E-state index >= 15 is 0 Å². The van der Waals surface area contributed by atoms with Crippen molar-refractivity contribution in [3.05, 3.63) is 35.9 Å². The molecule has 11 nitrogen and oxygen atoms in total. The van der Waals surface area contributed by atoms with Gasteiger partial charge in [-0.05, 0) is 38.3 Å². The Morgan fingerprint density at radius 2 is 1.70 bits per heavy atom. The summed E-state index contributed by atoms with van der Waals surface area (Å²) in [5.74, 6) is -4.20. The van der Waals surface area contributed by atoms with Gasteiger partial charge < -0.3 is 31.5 Å². The Morgan fingerprint density at radius 1 is 1.00 bits per heavy atom. The predicted octanol–water partition coefficient (Wildman–Crippen LogP) is -0.595. The van der Waals surface area contributed by atoms with Crippen LogP contribution in [0.15, 0.2) is 30.3 Å². The summed E-state index contributed by atoms with van der Waals surface area (Å²) in [6.07, 6.45) is 0.980. The highest BCUT2D eigenvalue weighted by atomic mass is 16.4. The number of carboxylic acid groups (broad SMARTS) is 2. The lowest BCUT2D eigenvalue weighted by Crippen LogP contribution is -2.56. The number of amides is 3. The molecule has 4 atom stereocenters. The third-order valence-electron chi connectivity index (χ3n) is 5.31. The Morgan fingerprint density at radius 3 is 2.27 bits per heavy atom. The molecular formula is C22H30N4O7. The standard InChI is InChI=1S/C22H30N4O7/c1-13(19(29)26-17(22(32)33)12-14-6-3-2-4-7-14)24-21(31)16(9-10-18(27)28)25-20(30)15-8-5-11-23-15/h2-4,6-7,13,15-17,23H,5,8-12H2,1H3,(H,24,31)(H,25,30)(H,26,29)(H,27,28)(H,32,33). The number of carbonyl (C=O) groups is 5. The number of carboxylic acids is 2. The maximum Gasteiger partial charge on any atom is 0.326 e. The van der Waals surface area contributed by atoms with Crippen molar-refractivity contribution >= 4 is 29.7 Å². The monoisotopic (exact) mass is 462 g/mol. The van der Waals surface area contributed by atoms with Gasteiger partial charge in [-0.3, -0.25) is 19.2 Å². The van der Waals surface area contributed by atoms with E-state index < -0.39 is 53.8 Å². The molecule has 1 aliphatic heterocycles. The van der Waals surface area contributed by atoms with Crippen molar-refractivity contribution in [1.82, 2.24) is 21.3 Å². The summed E-state index contributed by atoms with van der Waals surface area (Å²) >= 11 is 0. The first kappa shape index (κ1) is 25.8. The topological polar surface area (TPSA) is 174 Å². The van der Waals surface area contributed by atoms with E-state index in [2.05, 4.69) is 21.3 Å². The number of aliphatic carboxylic acids is 2.